The van der Waals surface area contributed by atoms with Gasteiger partial charge in [0.05, 0.1) is 0 Å². The van der Waals surface area contributed by atoms with Gasteiger partial charge in [0, 0.05) is 0 Å². The Hall–Kier alpha value is -0.260. The Kier molecular flexibility index (Phi) is 6.30. The zero-order chi connectivity index (χ0) is 18.9. The molecule has 0 aromatic heterocycles. The lowest BCUT2D eigenvalue weighted by Crippen LogP contribution is -2.54. The van der Waals surface area contributed by atoms with E-state index in [1.54, 1.807) is 0 Å². The first kappa shape index (κ1) is 20.5. The van der Waals surface area contributed by atoms with Crippen LogP contribution >= 0.6 is 0 Å². The van der Waals surface area contributed by atoms with Crippen LogP contribution in [0.15, 0.2) is 12.2 Å². The van der Waals surface area contributed by atoms with Gasteiger partial charge in [0.1, 0.15) is 0 Å². The molecule has 0 spiro atoms. The molecular weight excluding hydrogens is 312 g/mol. The molecule has 0 heterocycles. The van der Waals surface area contributed by atoms with Crippen molar-refractivity contribution in [3.8, 4) is 0 Å². The molecule has 3 aliphatic rings. The fourth-order valence-electron chi connectivity index (χ4n) is 8.06. The van der Waals surface area contributed by atoms with E-state index < -0.39 is 0 Å². The molecule has 3 fully saturated rings. The van der Waals surface area contributed by atoms with Crippen LogP contribution in [0.25, 0.3) is 0 Å². The summed E-state index contributed by atoms with van der Waals surface area (Å²) >= 11 is 0. The van der Waals surface area contributed by atoms with Gasteiger partial charge in [-0.2, -0.15) is 0 Å². The van der Waals surface area contributed by atoms with Gasteiger partial charge in [-0.25, -0.2) is 0 Å². The highest BCUT2D eigenvalue weighted by molar-refractivity contribution is 5.05. The normalized spacial score (nSPS) is 44.0. The summed E-state index contributed by atoms with van der Waals surface area (Å²) < 4.78 is 0. The molecular formula is C26H46. The minimum absolute atomic E-state index is 0.572. The van der Waals surface area contributed by atoms with Gasteiger partial charge in [-0.3, -0.25) is 0 Å². The summed E-state index contributed by atoms with van der Waals surface area (Å²) in [5.74, 6) is 4.92. The van der Waals surface area contributed by atoms with Gasteiger partial charge in [0.25, 0.3) is 0 Å². The zero-order valence-corrected chi connectivity index (χ0v) is 18.6. The average molecular weight is 359 g/mol. The monoisotopic (exact) mass is 358 g/mol. The summed E-state index contributed by atoms with van der Waals surface area (Å²) in [5, 5.41) is 0. The lowest BCUT2D eigenvalue weighted by Gasteiger charge is -2.62. The number of allylic oxidation sites excluding steroid dienone is 1. The van der Waals surface area contributed by atoms with Gasteiger partial charge in [-0.15, -0.1) is 6.58 Å². The molecule has 150 valence electrons. The Bertz CT molecular complexity index is 490. The number of hydrogen-bond acceptors (Lipinski definition) is 0. The van der Waals surface area contributed by atoms with Crippen molar-refractivity contribution in [3.05, 3.63) is 12.2 Å². The highest BCUT2D eigenvalue weighted by Gasteiger charge is 2.56. The van der Waals surface area contributed by atoms with Crippen LogP contribution in [0.1, 0.15) is 112 Å². The van der Waals surface area contributed by atoms with Crippen LogP contribution < -0.4 is 0 Å². The summed E-state index contributed by atoms with van der Waals surface area (Å²) in [4.78, 5) is 0. The summed E-state index contributed by atoms with van der Waals surface area (Å²) in [6.07, 6.45) is 17.5. The molecule has 0 radical (unpaired) electrons. The third-order valence-corrected chi connectivity index (χ3v) is 9.83. The molecule has 26 heavy (non-hydrogen) atoms. The summed E-state index contributed by atoms with van der Waals surface area (Å²) in [5.41, 5.74) is 2.61. The van der Waals surface area contributed by atoms with Gasteiger partial charge >= 0.3 is 0 Å². The maximum atomic E-state index is 4.11. The van der Waals surface area contributed by atoms with Crippen molar-refractivity contribution in [2.45, 2.75) is 112 Å². The first-order chi connectivity index (χ1) is 12.3. The molecule has 0 bridgehead atoms. The largest absolute Gasteiger partial charge is 0.100 e. The molecule has 0 aromatic rings. The SMILES string of the molecule is C=C(C)CCC[C@@H](C)[C@@]1(C)CCC2[C@@H](CCC3CCCC[C@@]32C)C1CC. The molecule has 3 saturated carbocycles. The summed E-state index contributed by atoms with van der Waals surface area (Å²) in [6.45, 7) is 16.8. The van der Waals surface area contributed by atoms with Crippen molar-refractivity contribution in [1.82, 2.24) is 0 Å². The number of fused-ring (bicyclic) bond motifs is 3. The van der Waals surface area contributed by atoms with E-state index in [4.69, 9.17) is 0 Å². The van der Waals surface area contributed by atoms with E-state index in [9.17, 15) is 0 Å². The van der Waals surface area contributed by atoms with Crippen LogP contribution in [-0.2, 0) is 0 Å². The second-order valence-electron chi connectivity index (χ2n) is 11.1. The molecule has 0 heteroatoms. The van der Waals surface area contributed by atoms with Crippen LogP contribution in [0.2, 0.25) is 0 Å². The van der Waals surface area contributed by atoms with Crippen LogP contribution in [0.3, 0.4) is 0 Å². The highest BCUT2D eigenvalue weighted by Crippen LogP contribution is 2.65. The van der Waals surface area contributed by atoms with Gasteiger partial charge in [0.15, 0.2) is 0 Å². The van der Waals surface area contributed by atoms with E-state index >= 15 is 0 Å². The minimum Gasteiger partial charge on any atom is -0.100 e. The second kappa shape index (κ2) is 8.00. The standard InChI is InChI=1S/C26H46/c1-7-23-22-15-14-21-13-8-9-17-26(21,6)24(22)16-18-25(23,5)20(4)12-10-11-19(2)3/h20-24H,2,7-18H2,1,3-6H3/t20-,21?,22+,23?,24?,25-,26+/m1/s1. The third-order valence-electron chi connectivity index (χ3n) is 9.83. The molecule has 0 aromatic carbocycles. The first-order valence-corrected chi connectivity index (χ1v) is 12.0. The van der Waals surface area contributed by atoms with E-state index in [1.165, 1.54) is 82.6 Å². The third kappa shape index (κ3) is 3.56. The van der Waals surface area contributed by atoms with Crippen molar-refractivity contribution in [2.24, 2.45) is 40.4 Å². The van der Waals surface area contributed by atoms with Crippen LogP contribution in [0, 0.1) is 40.4 Å². The summed E-state index contributed by atoms with van der Waals surface area (Å²) in [6, 6.07) is 0. The average Bonchev–Trinajstić information content (AvgIpc) is 2.60. The van der Waals surface area contributed by atoms with Gasteiger partial charge in [0.2, 0.25) is 0 Å². The van der Waals surface area contributed by atoms with E-state index in [1.807, 2.05) is 0 Å². The lowest BCUT2D eigenvalue weighted by molar-refractivity contribution is -0.126. The van der Waals surface area contributed by atoms with Crippen molar-refractivity contribution < 1.29 is 0 Å². The lowest BCUT2D eigenvalue weighted by atomic mass is 9.43. The highest BCUT2D eigenvalue weighted by atomic mass is 14.6. The molecule has 0 amide bonds. The van der Waals surface area contributed by atoms with Crippen LogP contribution in [0.5, 0.6) is 0 Å². The zero-order valence-electron chi connectivity index (χ0n) is 18.6. The quantitative estimate of drug-likeness (QED) is 0.418. The van der Waals surface area contributed by atoms with Gasteiger partial charge in [-0.05, 0) is 105 Å². The van der Waals surface area contributed by atoms with Gasteiger partial charge in [-0.1, -0.05) is 52.5 Å². The van der Waals surface area contributed by atoms with E-state index in [0.717, 1.165) is 29.6 Å². The van der Waals surface area contributed by atoms with Crippen molar-refractivity contribution in [3.63, 3.8) is 0 Å². The fraction of sp³-hybridized carbons (Fsp3) is 0.923. The Morgan fingerprint density at radius 2 is 1.85 bits per heavy atom. The maximum absolute atomic E-state index is 4.11. The molecule has 0 N–H and O–H groups in total. The number of rotatable bonds is 6. The Labute approximate surface area is 164 Å². The van der Waals surface area contributed by atoms with Crippen molar-refractivity contribution in [1.29, 1.82) is 0 Å². The predicted octanol–water partition coefficient (Wildman–Crippen LogP) is 8.42. The molecule has 3 aliphatic carbocycles. The van der Waals surface area contributed by atoms with E-state index in [0.29, 0.717) is 10.8 Å². The predicted molar refractivity (Wildman–Crippen MR) is 115 cm³/mol. The Morgan fingerprint density at radius 3 is 2.54 bits per heavy atom. The molecule has 3 rings (SSSR count). The van der Waals surface area contributed by atoms with E-state index in [-0.39, 0.29) is 0 Å². The van der Waals surface area contributed by atoms with Crippen LogP contribution in [-0.4, -0.2) is 0 Å². The van der Waals surface area contributed by atoms with E-state index in [2.05, 4.69) is 41.2 Å². The summed E-state index contributed by atoms with van der Waals surface area (Å²) in [7, 11) is 0. The van der Waals surface area contributed by atoms with Crippen molar-refractivity contribution in [2.75, 3.05) is 0 Å². The molecule has 0 nitrogen and oxygen atoms in total. The maximum Gasteiger partial charge on any atom is -0.0266 e. The van der Waals surface area contributed by atoms with Gasteiger partial charge < -0.3 is 0 Å². The number of hydrogen-bond donors (Lipinski definition) is 0. The van der Waals surface area contributed by atoms with Crippen molar-refractivity contribution >= 4 is 0 Å². The Balaban J connectivity index is 1.75. The molecule has 0 aliphatic heterocycles. The topological polar surface area (TPSA) is 0 Å². The minimum atomic E-state index is 0.572. The molecule has 7 atom stereocenters. The molecule has 3 unspecified atom stereocenters. The molecule has 0 saturated heterocycles. The smallest absolute Gasteiger partial charge is 0.0266 e. The van der Waals surface area contributed by atoms with Crippen LogP contribution in [0.4, 0.5) is 0 Å². The Morgan fingerprint density at radius 1 is 1.08 bits per heavy atom. The second-order valence-corrected chi connectivity index (χ2v) is 11.1. The first-order valence-electron chi connectivity index (χ1n) is 12.0. The fourth-order valence-corrected chi connectivity index (χ4v) is 8.06.